The van der Waals surface area contributed by atoms with Crippen LogP contribution in [0.25, 0.3) is 5.57 Å². The predicted octanol–water partition coefficient (Wildman–Crippen LogP) is 4.36. The topological polar surface area (TPSA) is 32.7 Å². The second-order valence-electron chi connectivity index (χ2n) is 5.26. The summed E-state index contributed by atoms with van der Waals surface area (Å²) in [4.78, 5) is 14.0. The molecule has 0 saturated heterocycles. The number of allylic oxidation sites excluding steroid dienone is 2. The van der Waals surface area contributed by atoms with Gasteiger partial charge in [-0.05, 0) is 54.3 Å². The molecule has 124 valence electrons. The minimum atomic E-state index is -0.336. The molecule has 2 aromatic rings. The first-order valence-corrected chi connectivity index (χ1v) is 8.60. The number of carbonyl (C=O) groups is 1. The molecular weight excluding hydrogens is 323 g/mol. The monoisotopic (exact) mass is 342 g/mol. The summed E-state index contributed by atoms with van der Waals surface area (Å²) in [5.41, 5.74) is 1.71. The van der Waals surface area contributed by atoms with E-state index in [1.165, 1.54) is 12.1 Å². The standard InChI is InChI=1S/C19H19FN2OS/c1-22(2)21-13-12-18(14-4-8-16(20)9-5-14)19(23)15-6-10-17(24-3)11-7-15/h4-13H,1-3H3/b18-12+,21-13-. The van der Waals surface area contributed by atoms with E-state index < -0.39 is 0 Å². The van der Waals surface area contributed by atoms with Crippen LogP contribution in [0.15, 0.2) is 64.6 Å². The Morgan fingerprint density at radius 2 is 1.62 bits per heavy atom. The highest BCUT2D eigenvalue weighted by molar-refractivity contribution is 7.98. The Hall–Kier alpha value is -2.40. The molecule has 0 fully saturated rings. The van der Waals surface area contributed by atoms with Gasteiger partial charge in [-0.3, -0.25) is 4.79 Å². The minimum absolute atomic E-state index is 0.125. The van der Waals surface area contributed by atoms with E-state index in [0.717, 1.165) is 4.90 Å². The lowest BCUT2D eigenvalue weighted by Crippen LogP contribution is -2.05. The SMILES string of the molecule is CSc1ccc(C(=O)/C(=C/C=N\N(C)C)c2ccc(F)cc2)cc1. The van der Waals surface area contributed by atoms with Crippen LogP contribution in [-0.4, -0.2) is 37.4 Å². The maximum atomic E-state index is 13.2. The van der Waals surface area contributed by atoms with Gasteiger partial charge in [0.15, 0.2) is 5.78 Å². The Labute approximate surface area is 145 Å². The highest BCUT2D eigenvalue weighted by Gasteiger charge is 2.14. The van der Waals surface area contributed by atoms with Gasteiger partial charge >= 0.3 is 0 Å². The van der Waals surface area contributed by atoms with E-state index in [1.807, 2.05) is 18.4 Å². The number of halogens is 1. The second-order valence-corrected chi connectivity index (χ2v) is 6.14. The number of benzene rings is 2. The molecule has 0 amide bonds. The lowest BCUT2D eigenvalue weighted by atomic mass is 9.96. The normalized spacial score (nSPS) is 11.8. The molecule has 24 heavy (non-hydrogen) atoms. The minimum Gasteiger partial charge on any atom is -0.303 e. The first kappa shape index (κ1) is 17.9. The van der Waals surface area contributed by atoms with Gasteiger partial charge in [0.2, 0.25) is 0 Å². The van der Waals surface area contributed by atoms with Crippen LogP contribution >= 0.6 is 11.8 Å². The van der Waals surface area contributed by atoms with Gasteiger partial charge in [-0.2, -0.15) is 5.10 Å². The van der Waals surface area contributed by atoms with Crippen molar-refractivity contribution in [2.24, 2.45) is 5.10 Å². The van der Waals surface area contributed by atoms with Gasteiger partial charge in [0, 0.05) is 36.3 Å². The summed E-state index contributed by atoms with van der Waals surface area (Å²) < 4.78 is 13.2. The highest BCUT2D eigenvalue weighted by atomic mass is 32.2. The van der Waals surface area contributed by atoms with Gasteiger partial charge < -0.3 is 5.01 Å². The molecule has 0 aliphatic heterocycles. The summed E-state index contributed by atoms with van der Waals surface area (Å²) in [5, 5.41) is 5.75. The summed E-state index contributed by atoms with van der Waals surface area (Å²) in [5.74, 6) is -0.462. The Morgan fingerprint density at radius 3 is 2.17 bits per heavy atom. The van der Waals surface area contributed by atoms with Gasteiger partial charge in [0.05, 0.1) is 0 Å². The molecular formula is C19H19FN2OS. The molecule has 0 aliphatic carbocycles. The fraction of sp³-hybridized carbons (Fsp3) is 0.158. The van der Waals surface area contributed by atoms with Crippen molar-refractivity contribution < 1.29 is 9.18 Å². The van der Waals surface area contributed by atoms with E-state index in [2.05, 4.69) is 5.10 Å². The molecule has 0 N–H and O–H groups in total. The van der Waals surface area contributed by atoms with E-state index in [1.54, 1.807) is 67.4 Å². The van der Waals surface area contributed by atoms with Crippen LogP contribution in [0, 0.1) is 5.82 Å². The van der Waals surface area contributed by atoms with Gasteiger partial charge in [-0.25, -0.2) is 4.39 Å². The summed E-state index contributed by atoms with van der Waals surface area (Å²) >= 11 is 1.62. The van der Waals surface area contributed by atoms with Gasteiger partial charge in [0.25, 0.3) is 0 Å². The fourth-order valence-corrected chi connectivity index (χ4v) is 2.48. The quantitative estimate of drug-likeness (QED) is 0.257. The number of thioether (sulfide) groups is 1. The van der Waals surface area contributed by atoms with E-state index >= 15 is 0 Å². The molecule has 0 aliphatic rings. The zero-order valence-electron chi connectivity index (χ0n) is 13.9. The summed E-state index contributed by atoms with van der Waals surface area (Å²) in [7, 11) is 3.59. The van der Waals surface area contributed by atoms with Crippen LogP contribution in [0.3, 0.4) is 0 Å². The summed E-state index contributed by atoms with van der Waals surface area (Å²) in [6, 6.07) is 13.3. The molecule has 0 heterocycles. The van der Waals surface area contributed by atoms with Crippen molar-refractivity contribution in [2.45, 2.75) is 4.90 Å². The van der Waals surface area contributed by atoms with Crippen LogP contribution in [0.2, 0.25) is 0 Å². The van der Waals surface area contributed by atoms with Gasteiger partial charge in [0.1, 0.15) is 5.82 Å². The molecule has 0 bridgehead atoms. The second kappa shape index (κ2) is 8.45. The highest BCUT2D eigenvalue weighted by Crippen LogP contribution is 2.22. The van der Waals surface area contributed by atoms with Crippen molar-refractivity contribution in [3.05, 3.63) is 71.6 Å². The fourth-order valence-electron chi connectivity index (χ4n) is 2.07. The number of nitrogens with zero attached hydrogens (tertiary/aromatic N) is 2. The maximum Gasteiger partial charge on any atom is 0.193 e. The van der Waals surface area contributed by atoms with E-state index in [4.69, 9.17) is 0 Å². The van der Waals surface area contributed by atoms with Gasteiger partial charge in [-0.1, -0.05) is 12.1 Å². The van der Waals surface area contributed by atoms with Crippen LogP contribution in [0.4, 0.5) is 4.39 Å². The van der Waals surface area contributed by atoms with Crippen LogP contribution in [0.1, 0.15) is 15.9 Å². The van der Waals surface area contributed by atoms with Crippen molar-refractivity contribution in [2.75, 3.05) is 20.4 Å². The van der Waals surface area contributed by atoms with E-state index in [-0.39, 0.29) is 11.6 Å². The molecule has 5 heteroatoms. The Bertz CT molecular complexity index is 750. The van der Waals surface area contributed by atoms with Crippen molar-refractivity contribution in [3.63, 3.8) is 0 Å². The van der Waals surface area contributed by atoms with Crippen molar-refractivity contribution >= 4 is 29.3 Å². The molecule has 0 radical (unpaired) electrons. The van der Waals surface area contributed by atoms with Crippen molar-refractivity contribution in [1.82, 2.24) is 5.01 Å². The van der Waals surface area contributed by atoms with Crippen LogP contribution < -0.4 is 0 Å². The Balaban J connectivity index is 2.40. The van der Waals surface area contributed by atoms with Crippen molar-refractivity contribution in [1.29, 1.82) is 0 Å². The lowest BCUT2D eigenvalue weighted by Gasteiger charge is -2.08. The van der Waals surface area contributed by atoms with Gasteiger partial charge in [-0.15, -0.1) is 11.8 Å². The zero-order chi connectivity index (χ0) is 17.5. The molecule has 0 atom stereocenters. The number of hydrogen-bond donors (Lipinski definition) is 0. The number of ketones is 1. The summed E-state index contributed by atoms with van der Waals surface area (Å²) in [6.07, 6.45) is 5.20. The number of carbonyl (C=O) groups excluding carboxylic acids is 1. The first-order valence-electron chi connectivity index (χ1n) is 7.37. The largest absolute Gasteiger partial charge is 0.303 e. The molecule has 0 aromatic heterocycles. The third-order valence-corrected chi connectivity index (χ3v) is 4.03. The maximum absolute atomic E-state index is 13.2. The van der Waals surface area contributed by atoms with Crippen molar-refractivity contribution in [3.8, 4) is 0 Å². The molecule has 2 rings (SSSR count). The van der Waals surface area contributed by atoms with E-state index in [0.29, 0.717) is 16.7 Å². The molecule has 2 aromatic carbocycles. The number of Topliss-reactive ketones (excluding diaryl/α,β-unsaturated/α-hetero) is 1. The van der Waals surface area contributed by atoms with E-state index in [9.17, 15) is 9.18 Å². The molecule has 3 nitrogen and oxygen atoms in total. The average Bonchev–Trinajstić information content (AvgIpc) is 2.59. The average molecular weight is 342 g/mol. The van der Waals surface area contributed by atoms with Crippen LogP contribution in [-0.2, 0) is 0 Å². The Morgan fingerprint density at radius 1 is 1.04 bits per heavy atom. The molecule has 0 unspecified atom stereocenters. The Kier molecular flexibility index (Phi) is 6.32. The molecule has 0 saturated carbocycles. The van der Waals surface area contributed by atoms with Crippen LogP contribution in [0.5, 0.6) is 0 Å². The number of hydrogen-bond acceptors (Lipinski definition) is 4. The first-order chi connectivity index (χ1) is 11.5. The zero-order valence-corrected chi connectivity index (χ0v) is 14.7. The predicted molar refractivity (Wildman–Crippen MR) is 99.1 cm³/mol. The number of rotatable bonds is 6. The third-order valence-electron chi connectivity index (χ3n) is 3.29. The third kappa shape index (κ3) is 4.80. The molecule has 0 spiro atoms. The number of hydrazone groups is 1. The smallest absolute Gasteiger partial charge is 0.193 e. The lowest BCUT2D eigenvalue weighted by molar-refractivity contribution is 0.105. The summed E-state index contributed by atoms with van der Waals surface area (Å²) in [6.45, 7) is 0.